The van der Waals surface area contributed by atoms with Crippen LogP contribution in [0.3, 0.4) is 0 Å². The molecule has 0 aromatic heterocycles. The van der Waals surface area contributed by atoms with Gasteiger partial charge in [0.1, 0.15) is 5.75 Å². The van der Waals surface area contributed by atoms with Crippen molar-refractivity contribution in [2.45, 2.75) is 29.2 Å². The highest BCUT2D eigenvalue weighted by Gasteiger charge is 2.31. The maximum Gasteiger partial charge on any atom is 0.416 e. The summed E-state index contributed by atoms with van der Waals surface area (Å²) in [6.45, 7) is 3.72. The van der Waals surface area contributed by atoms with Crippen LogP contribution in [0.25, 0.3) is 0 Å². The maximum atomic E-state index is 12.8. The number of rotatable bonds is 5. The molecule has 150 valence electrons. The van der Waals surface area contributed by atoms with Crippen LogP contribution in [0.15, 0.2) is 42.5 Å². The molecule has 0 bridgehead atoms. The smallest absolute Gasteiger partial charge is 0.416 e. The van der Waals surface area contributed by atoms with Crippen LogP contribution >= 0.6 is 34.4 Å². The number of aryl methyl sites for hydroxylation is 1. The second-order valence-electron chi connectivity index (χ2n) is 6.07. The van der Waals surface area contributed by atoms with Gasteiger partial charge in [0.05, 0.1) is 10.8 Å². The zero-order valence-corrected chi connectivity index (χ0v) is 18.0. The third-order valence-electron chi connectivity index (χ3n) is 3.87. The van der Waals surface area contributed by atoms with E-state index in [2.05, 4.69) is 22.6 Å². The fraction of sp³-hybridized carbons (Fsp3) is 0.263. The number of hydrogen-bond donors (Lipinski definition) is 2. The summed E-state index contributed by atoms with van der Waals surface area (Å²) in [6.07, 6.45) is -4.48. The first-order valence-corrected chi connectivity index (χ1v) is 10.3. The summed E-state index contributed by atoms with van der Waals surface area (Å²) in [4.78, 5) is 11.4. The van der Waals surface area contributed by atoms with Crippen LogP contribution in [-0.4, -0.2) is 15.1 Å². The Morgan fingerprint density at radius 3 is 2.46 bits per heavy atom. The highest BCUT2D eigenvalue weighted by atomic mass is 127. The van der Waals surface area contributed by atoms with Crippen molar-refractivity contribution in [2.24, 2.45) is 5.73 Å². The number of primary amides is 1. The number of carbonyl (C=O) groups is 1. The molecule has 0 radical (unpaired) electrons. The van der Waals surface area contributed by atoms with Gasteiger partial charge in [-0.15, -0.1) is 0 Å². The third kappa shape index (κ3) is 5.87. The van der Waals surface area contributed by atoms with Gasteiger partial charge in [0.2, 0.25) is 11.1 Å². The number of amides is 1. The van der Waals surface area contributed by atoms with Crippen LogP contribution in [0.4, 0.5) is 13.2 Å². The summed E-state index contributed by atoms with van der Waals surface area (Å²) in [5, 5.41) is 7.66. The molecule has 0 aliphatic heterocycles. The SMILES string of the molecule is Cc1cc(C(SC(=N)Oc2cccc(C(F)(F)F)c2)C(C)I)ccc1C(N)=O. The topological polar surface area (TPSA) is 76.2 Å². The Morgan fingerprint density at radius 1 is 1.25 bits per heavy atom. The van der Waals surface area contributed by atoms with E-state index in [0.29, 0.717) is 5.56 Å². The highest BCUT2D eigenvalue weighted by Crippen LogP contribution is 2.38. The number of alkyl halides is 4. The first-order chi connectivity index (χ1) is 13.0. The first kappa shape index (κ1) is 22.5. The zero-order valence-electron chi connectivity index (χ0n) is 15.0. The molecule has 0 heterocycles. The van der Waals surface area contributed by atoms with E-state index in [0.717, 1.165) is 35.0 Å². The van der Waals surface area contributed by atoms with Gasteiger partial charge in [-0.05, 0) is 42.3 Å². The van der Waals surface area contributed by atoms with Crippen LogP contribution in [-0.2, 0) is 6.18 Å². The molecule has 0 aliphatic rings. The van der Waals surface area contributed by atoms with Crippen molar-refractivity contribution in [2.75, 3.05) is 0 Å². The minimum Gasteiger partial charge on any atom is -0.434 e. The average molecular weight is 522 g/mol. The van der Waals surface area contributed by atoms with E-state index >= 15 is 0 Å². The molecule has 4 nitrogen and oxygen atoms in total. The number of hydrogen-bond acceptors (Lipinski definition) is 4. The van der Waals surface area contributed by atoms with Gasteiger partial charge >= 0.3 is 6.18 Å². The maximum absolute atomic E-state index is 12.8. The fourth-order valence-corrected chi connectivity index (χ4v) is 4.25. The minimum atomic E-state index is -4.48. The van der Waals surface area contributed by atoms with E-state index in [1.54, 1.807) is 19.1 Å². The Labute approximate surface area is 178 Å². The Hall–Kier alpha value is -1.75. The lowest BCUT2D eigenvalue weighted by molar-refractivity contribution is -0.137. The Bertz CT molecular complexity index is 888. The second-order valence-corrected chi connectivity index (χ2v) is 9.15. The fourth-order valence-electron chi connectivity index (χ4n) is 2.55. The Kier molecular flexibility index (Phi) is 7.38. The van der Waals surface area contributed by atoms with Gasteiger partial charge in [-0.3, -0.25) is 10.2 Å². The predicted molar refractivity (Wildman–Crippen MR) is 113 cm³/mol. The predicted octanol–water partition coefficient (Wildman–Crippen LogP) is 5.72. The Morgan fingerprint density at radius 2 is 1.93 bits per heavy atom. The normalized spacial score (nSPS) is 13.6. The standard InChI is InChI=1S/C19H18F3IN2O2S/c1-10-8-12(6-7-15(10)17(24)26)16(11(2)23)28-18(25)27-14-5-3-4-13(9-14)19(20,21)22/h3-9,11,16,25H,1-2H3,(H2,24,26). The largest absolute Gasteiger partial charge is 0.434 e. The van der Waals surface area contributed by atoms with Crippen molar-refractivity contribution in [1.82, 2.24) is 0 Å². The number of thioether (sulfide) groups is 1. The lowest BCUT2D eigenvalue weighted by atomic mass is 10.0. The molecule has 1 amide bonds. The molecule has 0 saturated heterocycles. The van der Waals surface area contributed by atoms with Crippen molar-refractivity contribution in [3.8, 4) is 5.75 Å². The number of benzene rings is 2. The monoisotopic (exact) mass is 522 g/mol. The summed E-state index contributed by atoms with van der Waals surface area (Å²) >= 11 is 3.30. The van der Waals surface area contributed by atoms with Gasteiger partial charge in [0, 0.05) is 9.49 Å². The number of nitrogens with one attached hydrogen (secondary N) is 1. The molecule has 0 aliphatic carbocycles. The molecule has 28 heavy (non-hydrogen) atoms. The van der Waals surface area contributed by atoms with E-state index in [-0.39, 0.29) is 20.2 Å². The lowest BCUT2D eigenvalue weighted by Gasteiger charge is -2.21. The van der Waals surface area contributed by atoms with Crippen LogP contribution in [0.2, 0.25) is 0 Å². The van der Waals surface area contributed by atoms with Gasteiger partial charge in [0.25, 0.3) is 0 Å². The highest BCUT2D eigenvalue weighted by molar-refractivity contribution is 14.1. The summed E-state index contributed by atoms with van der Waals surface area (Å²) < 4.78 is 43.9. The van der Waals surface area contributed by atoms with E-state index in [1.807, 2.05) is 13.0 Å². The van der Waals surface area contributed by atoms with Crippen molar-refractivity contribution in [1.29, 1.82) is 5.41 Å². The number of ether oxygens (including phenoxy) is 1. The zero-order chi connectivity index (χ0) is 21.1. The minimum absolute atomic E-state index is 0.0487. The summed E-state index contributed by atoms with van der Waals surface area (Å²) in [6, 6.07) is 9.64. The van der Waals surface area contributed by atoms with E-state index < -0.39 is 17.6 Å². The Balaban J connectivity index is 2.18. The molecular formula is C19H18F3IN2O2S. The molecular weight excluding hydrogens is 504 g/mol. The molecule has 2 rings (SSSR count). The molecule has 0 fully saturated rings. The van der Waals surface area contributed by atoms with Gasteiger partial charge < -0.3 is 10.5 Å². The van der Waals surface area contributed by atoms with Gasteiger partial charge in [-0.2, -0.15) is 13.2 Å². The van der Waals surface area contributed by atoms with Gasteiger partial charge in [0.15, 0.2) is 0 Å². The van der Waals surface area contributed by atoms with E-state index in [9.17, 15) is 18.0 Å². The molecule has 9 heteroatoms. The summed E-state index contributed by atoms with van der Waals surface area (Å²) in [5.41, 5.74) is 6.50. The molecule has 0 saturated carbocycles. The molecule has 3 N–H and O–H groups in total. The summed E-state index contributed by atoms with van der Waals surface area (Å²) in [7, 11) is 0. The van der Waals surface area contributed by atoms with Crippen molar-refractivity contribution in [3.63, 3.8) is 0 Å². The average Bonchev–Trinajstić information content (AvgIpc) is 2.58. The van der Waals surface area contributed by atoms with E-state index in [1.165, 1.54) is 12.1 Å². The number of halogens is 4. The quantitative estimate of drug-likeness (QED) is 0.228. The number of carbonyl (C=O) groups excluding carboxylic acids is 1. The number of nitrogens with two attached hydrogens (primary N) is 1. The van der Waals surface area contributed by atoms with Crippen LogP contribution in [0.1, 0.15) is 39.2 Å². The van der Waals surface area contributed by atoms with Crippen molar-refractivity contribution < 1.29 is 22.7 Å². The molecule has 2 aromatic carbocycles. The first-order valence-electron chi connectivity index (χ1n) is 8.13. The summed E-state index contributed by atoms with van der Waals surface area (Å²) in [5.74, 6) is -0.566. The van der Waals surface area contributed by atoms with Crippen LogP contribution in [0.5, 0.6) is 5.75 Å². The third-order valence-corrected chi connectivity index (χ3v) is 6.31. The van der Waals surface area contributed by atoms with Crippen LogP contribution < -0.4 is 10.5 Å². The van der Waals surface area contributed by atoms with Gasteiger partial charge in [-0.1, -0.05) is 59.5 Å². The van der Waals surface area contributed by atoms with Gasteiger partial charge in [-0.25, -0.2) is 0 Å². The van der Waals surface area contributed by atoms with Crippen molar-refractivity contribution >= 4 is 45.5 Å². The molecule has 2 aromatic rings. The molecule has 0 spiro atoms. The second kappa shape index (κ2) is 9.17. The van der Waals surface area contributed by atoms with Crippen LogP contribution in [0, 0.1) is 12.3 Å². The molecule has 2 atom stereocenters. The van der Waals surface area contributed by atoms with E-state index in [4.69, 9.17) is 15.9 Å². The molecule has 2 unspecified atom stereocenters. The lowest BCUT2D eigenvalue weighted by Crippen LogP contribution is -2.15. The van der Waals surface area contributed by atoms with Crippen molar-refractivity contribution in [3.05, 3.63) is 64.7 Å².